The fourth-order valence-electron chi connectivity index (χ4n) is 6.88. The van der Waals surface area contributed by atoms with E-state index in [9.17, 15) is 14.4 Å². The second-order valence-electron chi connectivity index (χ2n) is 12.5. The molecule has 3 heterocycles. The highest BCUT2D eigenvalue weighted by molar-refractivity contribution is 5.96. The van der Waals surface area contributed by atoms with Gasteiger partial charge in [-0.2, -0.15) is 0 Å². The summed E-state index contributed by atoms with van der Waals surface area (Å²) in [5.41, 5.74) is 4.32. The molecule has 230 valence electrons. The summed E-state index contributed by atoms with van der Waals surface area (Å²) in [4.78, 5) is 47.4. The van der Waals surface area contributed by atoms with E-state index in [1.54, 1.807) is 18.9 Å². The highest BCUT2D eigenvalue weighted by Gasteiger charge is 2.56. The Labute approximate surface area is 264 Å². The maximum absolute atomic E-state index is 14.5. The normalized spacial score (nSPS) is 21.2. The number of rotatable bonds is 7. The van der Waals surface area contributed by atoms with Gasteiger partial charge in [-0.05, 0) is 48.6 Å². The SMILES string of the molecule is CNC(C)C(=O)N[C@H]1Cc2c([nH]c3ccccc23)C2CC(C)(C)C(C(=O)NC(c3ccccc3)c3ccccc3)N2C1=O.Cl. The predicted octanol–water partition coefficient (Wildman–Crippen LogP) is 4.81. The fraction of sp³-hybridized carbons (Fsp3) is 0.343. The zero-order chi connectivity index (χ0) is 30.3. The zero-order valence-corrected chi connectivity index (χ0v) is 26.3. The molecule has 8 nitrogen and oxygen atoms in total. The van der Waals surface area contributed by atoms with Crippen molar-refractivity contribution in [2.24, 2.45) is 5.41 Å². The van der Waals surface area contributed by atoms with Crippen LogP contribution in [0.1, 0.15) is 61.7 Å². The van der Waals surface area contributed by atoms with Gasteiger partial charge >= 0.3 is 0 Å². The first kappa shape index (κ1) is 31.3. The minimum Gasteiger partial charge on any atom is -0.356 e. The summed E-state index contributed by atoms with van der Waals surface area (Å²) in [6.07, 6.45) is 0.949. The summed E-state index contributed by atoms with van der Waals surface area (Å²) in [5, 5.41) is 10.3. The first-order chi connectivity index (χ1) is 20.7. The van der Waals surface area contributed by atoms with Gasteiger partial charge in [0.05, 0.1) is 18.1 Å². The number of fused-ring (bicyclic) bond motifs is 5. The lowest BCUT2D eigenvalue weighted by molar-refractivity contribution is -0.145. The van der Waals surface area contributed by atoms with Crippen LogP contribution >= 0.6 is 12.4 Å². The van der Waals surface area contributed by atoms with Gasteiger partial charge in [-0.1, -0.05) is 92.7 Å². The zero-order valence-electron chi connectivity index (χ0n) is 25.5. The number of amides is 3. The van der Waals surface area contributed by atoms with Gasteiger partial charge in [-0.3, -0.25) is 14.4 Å². The topological polar surface area (TPSA) is 106 Å². The maximum Gasteiger partial charge on any atom is 0.246 e. The number of hydrogen-bond donors (Lipinski definition) is 4. The highest BCUT2D eigenvalue weighted by Crippen LogP contribution is 2.50. The third-order valence-electron chi connectivity index (χ3n) is 9.16. The van der Waals surface area contributed by atoms with Gasteiger partial charge in [0.25, 0.3) is 0 Å². The number of likely N-dealkylation sites (N-methyl/N-ethyl adjacent to an activating group) is 1. The minimum atomic E-state index is -0.811. The van der Waals surface area contributed by atoms with E-state index in [2.05, 4.69) is 40.8 Å². The van der Waals surface area contributed by atoms with Crippen molar-refractivity contribution in [1.29, 1.82) is 0 Å². The number of benzene rings is 3. The fourth-order valence-corrected chi connectivity index (χ4v) is 6.88. The number of para-hydroxylation sites is 1. The first-order valence-electron chi connectivity index (χ1n) is 15.0. The number of aromatic amines is 1. The molecule has 2 aliphatic rings. The van der Waals surface area contributed by atoms with Crippen LogP contribution in [0.4, 0.5) is 0 Å². The molecule has 1 aromatic heterocycles. The lowest BCUT2D eigenvalue weighted by Crippen LogP contribution is -2.57. The second kappa shape index (κ2) is 12.5. The number of nitrogens with one attached hydrogen (secondary N) is 4. The van der Waals surface area contributed by atoms with E-state index in [4.69, 9.17) is 0 Å². The molecule has 3 unspecified atom stereocenters. The summed E-state index contributed by atoms with van der Waals surface area (Å²) in [6, 6.07) is 25.1. The molecule has 1 saturated heterocycles. The van der Waals surface area contributed by atoms with Crippen LogP contribution in [-0.4, -0.2) is 52.8 Å². The average molecular weight is 614 g/mol. The van der Waals surface area contributed by atoms with Gasteiger partial charge in [0.1, 0.15) is 12.1 Å². The van der Waals surface area contributed by atoms with Crippen molar-refractivity contribution in [2.45, 2.75) is 63.8 Å². The Morgan fingerprint density at radius 1 is 0.932 bits per heavy atom. The third-order valence-corrected chi connectivity index (χ3v) is 9.16. The highest BCUT2D eigenvalue weighted by atomic mass is 35.5. The van der Waals surface area contributed by atoms with Crippen molar-refractivity contribution in [2.75, 3.05) is 7.05 Å². The summed E-state index contributed by atoms with van der Waals surface area (Å²) < 4.78 is 0. The molecule has 44 heavy (non-hydrogen) atoms. The Morgan fingerprint density at radius 3 is 2.14 bits per heavy atom. The molecule has 4 N–H and O–H groups in total. The number of H-pyrrole nitrogens is 1. The number of nitrogens with zero attached hydrogens (tertiary/aromatic N) is 1. The van der Waals surface area contributed by atoms with Crippen LogP contribution in [0.5, 0.6) is 0 Å². The van der Waals surface area contributed by atoms with E-state index < -0.39 is 23.5 Å². The predicted molar refractivity (Wildman–Crippen MR) is 174 cm³/mol. The molecule has 0 radical (unpaired) electrons. The summed E-state index contributed by atoms with van der Waals surface area (Å²) in [6.45, 7) is 5.87. The van der Waals surface area contributed by atoms with Crippen molar-refractivity contribution in [3.8, 4) is 0 Å². The third kappa shape index (κ3) is 5.60. The van der Waals surface area contributed by atoms with Crippen molar-refractivity contribution >= 4 is 41.0 Å². The van der Waals surface area contributed by atoms with Crippen LogP contribution in [0.15, 0.2) is 84.9 Å². The Morgan fingerprint density at radius 2 is 1.52 bits per heavy atom. The first-order valence-corrected chi connectivity index (χ1v) is 15.0. The summed E-state index contributed by atoms with van der Waals surface area (Å²) in [7, 11) is 1.71. The van der Waals surface area contributed by atoms with E-state index in [1.807, 2.05) is 78.9 Å². The summed E-state index contributed by atoms with van der Waals surface area (Å²) in [5.74, 6) is -0.711. The molecule has 2 aliphatic heterocycles. The molecule has 1 fully saturated rings. The van der Waals surface area contributed by atoms with E-state index >= 15 is 0 Å². The molecular formula is C35H40ClN5O3. The van der Waals surface area contributed by atoms with E-state index in [0.717, 1.165) is 33.3 Å². The molecule has 3 amide bonds. The monoisotopic (exact) mass is 613 g/mol. The Balaban J connectivity index is 0.00000384. The smallest absolute Gasteiger partial charge is 0.246 e. The Bertz CT molecular complexity index is 1620. The van der Waals surface area contributed by atoms with Crippen LogP contribution in [0.2, 0.25) is 0 Å². The van der Waals surface area contributed by atoms with Crippen LogP contribution in [0.3, 0.4) is 0 Å². The van der Waals surface area contributed by atoms with Crippen molar-refractivity contribution in [3.05, 3.63) is 107 Å². The van der Waals surface area contributed by atoms with E-state index in [0.29, 0.717) is 12.8 Å². The van der Waals surface area contributed by atoms with E-state index in [1.165, 1.54) is 0 Å². The van der Waals surface area contributed by atoms with Gasteiger partial charge in [-0.15, -0.1) is 12.4 Å². The van der Waals surface area contributed by atoms with Gasteiger partial charge in [0.15, 0.2) is 0 Å². The molecule has 9 heteroatoms. The largest absolute Gasteiger partial charge is 0.356 e. The van der Waals surface area contributed by atoms with Gasteiger partial charge < -0.3 is 25.8 Å². The molecule has 0 bridgehead atoms. The number of hydrogen-bond acceptors (Lipinski definition) is 4. The van der Waals surface area contributed by atoms with E-state index in [-0.39, 0.29) is 42.2 Å². The second-order valence-corrected chi connectivity index (χ2v) is 12.5. The molecule has 4 atom stereocenters. The number of carbonyl (C=O) groups is 3. The lowest BCUT2D eigenvalue weighted by atomic mass is 9.81. The minimum absolute atomic E-state index is 0. The Hall–Kier alpha value is -4.14. The molecule has 3 aromatic carbocycles. The van der Waals surface area contributed by atoms with Crippen molar-refractivity contribution < 1.29 is 14.4 Å². The van der Waals surface area contributed by atoms with Crippen LogP contribution in [-0.2, 0) is 20.8 Å². The maximum atomic E-state index is 14.5. The molecule has 0 aliphatic carbocycles. The molecule has 6 rings (SSSR count). The molecule has 4 aromatic rings. The van der Waals surface area contributed by atoms with Crippen LogP contribution in [0, 0.1) is 5.41 Å². The number of aromatic nitrogens is 1. The Kier molecular flexibility index (Phi) is 8.86. The number of halogens is 1. The van der Waals surface area contributed by atoms with Crippen LogP contribution in [0.25, 0.3) is 10.9 Å². The standard InChI is InChI=1S/C35H39N5O3.ClH/c1-21(36-4)32(41)38-27-19-25-24-17-11-12-18-26(24)37-30(25)28-20-35(2,3)31(40(28)34(27)43)33(42)39-29(22-13-7-5-8-14-22)23-15-9-6-10-16-23;/h5-18,21,27-29,31,36-37H,19-20H2,1-4H3,(H,38,41)(H,39,42);1H/t21?,27-,28?,31?;/m0./s1. The molecule has 0 spiro atoms. The van der Waals surface area contributed by atoms with Gasteiger partial charge in [-0.25, -0.2) is 0 Å². The lowest BCUT2D eigenvalue weighted by Gasteiger charge is -2.35. The average Bonchev–Trinajstić information content (AvgIpc) is 3.50. The number of carbonyl (C=O) groups excluding carboxylic acids is 3. The molecule has 0 saturated carbocycles. The molecular weight excluding hydrogens is 574 g/mol. The quantitative estimate of drug-likeness (QED) is 0.240. The van der Waals surface area contributed by atoms with Crippen molar-refractivity contribution in [3.63, 3.8) is 0 Å². The van der Waals surface area contributed by atoms with Gasteiger partial charge in [0, 0.05) is 23.0 Å². The summed E-state index contributed by atoms with van der Waals surface area (Å²) >= 11 is 0. The van der Waals surface area contributed by atoms with Crippen LogP contribution < -0.4 is 16.0 Å². The van der Waals surface area contributed by atoms with Crippen molar-refractivity contribution in [1.82, 2.24) is 25.8 Å². The van der Waals surface area contributed by atoms with Gasteiger partial charge in [0.2, 0.25) is 17.7 Å².